The highest BCUT2D eigenvalue weighted by atomic mass is 16.5. The summed E-state index contributed by atoms with van der Waals surface area (Å²) in [4.78, 5) is 4.14. The molecule has 1 atom stereocenters. The SMILES string of the molecule is Cc1cc(C#N)cc(C)c1Oc1cc(C(C)O)ccn1. The fraction of sp³-hybridized carbons (Fsp3) is 0.250. The van der Waals surface area contributed by atoms with E-state index in [1.54, 1.807) is 37.4 Å². The van der Waals surface area contributed by atoms with Gasteiger partial charge in [-0.15, -0.1) is 0 Å². The van der Waals surface area contributed by atoms with Gasteiger partial charge in [0, 0.05) is 12.3 Å². The lowest BCUT2D eigenvalue weighted by Gasteiger charge is -2.12. The van der Waals surface area contributed by atoms with Crippen molar-refractivity contribution in [3.8, 4) is 17.7 Å². The molecule has 0 aliphatic rings. The number of nitriles is 1. The molecule has 2 aromatic rings. The molecule has 0 aliphatic heterocycles. The minimum atomic E-state index is -0.566. The van der Waals surface area contributed by atoms with Gasteiger partial charge in [0.25, 0.3) is 0 Å². The zero-order valence-electron chi connectivity index (χ0n) is 11.7. The highest BCUT2D eigenvalue weighted by Gasteiger charge is 2.10. The summed E-state index contributed by atoms with van der Waals surface area (Å²) in [5, 5.41) is 18.5. The fourth-order valence-corrected chi connectivity index (χ4v) is 2.02. The van der Waals surface area contributed by atoms with Gasteiger partial charge in [-0.3, -0.25) is 0 Å². The molecule has 0 spiro atoms. The van der Waals surface area contributed by atoms with Gasteiger partial charge in [-0.1, -0.05) is 0 Å². The zero-order chi connectivity index (χ0) is 14.7. The number of hydrogen-bond acceptors (Lipinski definition) is 4. The maximum absolute atomic E-state index is 9.57. The molecule has 0 saturated heterocycles. The first kappa shape index (κ1) is 14.0. The minimum absolute atomic E-state index is 0.430. The second-order valence-electron chi connectivity index (χ2n) is 4.76. The molecule has 4 heteroatoms. The average Bonchev–Trinajstić information content (AvgIpc) is 2.42. The summed E-state index contributed by atoms with van der Waals surface area (Å²) in [5.74, 6) is 1.12. The summed E-state index contributed by atoms with van der Waals surface area (Å²) in [6, 6.07) is 9.13. The summed E-state index contributed by atoms with van der Waals surface area (Å²) in [6.07, 6.45) is 1.04. The van der Waals surface area contributed by atoms with Crippen LogP contribution in [0.4, 0.5) is 0 Å². The Morgan fingerprint density at radius 1 is 1.25 bits per heavy atom. The normalized spacial score (nSPS) is 11.8. The Balaban J connectivity index is 2.36. The molecule has 1 aromatic carbocycles. The maximum atomic E-state index is 9.57. The Morgan fingerprint density at radius 3 is 2.45 bits per heavy atom. The Morgan fingerprint density at radius 2 is 1.90 bits per heavy atom. The van der Waals surface area contributed by atoms with Crippen LogP contribution in [0.2, 0.25) is 0 Å². The molecule has 1 N–H and O–H groups in total. The van der Waals surface area contributed by atoms with Crippen LogP contribution in [0.1, 0.15) is 35.3 Å². The number of pyridine rings is 1. The Bertz CT molecular complexity index is 649. The first-order valence-corrected chi connectivity index (χ1v) is 6.34. The van der Waals surface area contributed by atoms with Gasteiger partial charge in [0.2, 0.25) is 5.88 Å². The third-order valence-corrected chi connectivity index (χ3v) is 3.04. The first-order valence-electron chi connectivity index (χ1n) is 6.34. The smallest absolute Gasteiger partial charge is 0.219 e. The van der Waals surface area contributed by atoms with Crippen LogP contribution in [0.25, 0.3) is 0 Å². The van der Waals surface area contributed by atoms with E-state index in [2.05, 4.69) is 11.1 Å². The molecule has 1 heterocycles. The second kappa shape index (κ2) is 5.72. The summed E-state index contributed by atoms with van der Waals surface area (Å²) < 4.78 is 5.80. The van der Waals surface area contributed by atoms with Crippen LogP contribution in [-0.4, -0.2) is 10.1 Å². The molecule has 0 saturated carbocycles. The predicted molar refractivity (Wildman–Crippen MR) is 75.6 cm³/mol. The Hall–Kier alpha value is -2.38. The summed E-state index contributed by atoms with van der Waals surface area (Å²) in [6.45, 7) is 5.47. The fourth-order valence-electron chi connectivity index (χ4n) is 2.02. The van der Waals surface area contributed by atoms with Crippen LogP contribution in [-0.2, 0) is 0 Å². The number of hydrogen-bond donors (Lipinski definition) is 1. The average molecular weight is 268 g/mol. The van der Waals surface area contributed by atoms with Crippen molar-refractivity contribution in [1.29, 1.82) is 5.26 Å². The third kappa shape index (κ3) is 2.95. The summed E-state index contributed by atoms with van der Waals surface area (Å²) in [5.41, 5.74) is 3.12. The molecule has 0 fully saturated rings. The number of aromatic nitrogens is 1. The van der Waals surface area contributed by atoms with E-state index in [1.807, 2.05) is 13.8 Å². The van der Waals surface area contributed by atoms with Crippen molar-refractivity contribution < 1.29 is 9.84 Å². The first-order chi connectivity index (χ1) is 9.51. The number of aliphatic hydroxyl groups is 1. The monoisotopic (exact) mass is 268 g/mol. The highest BCUT2D eigenvalue weighted by molar-refractivity contribution is 5.48. The number of rotatable bonds is 3. The van der Waals surface area contributed by atoms with Crippen molar-refractivity contribution in [3.63, 3.8) is 0 Å². The van der Waals surface area contributed by atoms with Crippen LogP contribution in [0.3, 0.4) is 0 Å². The van der Waals surface area contributed by atoms with Crippen LogP contribution >= 0.6 is 0 Å². The van der Waals surface area contributed by atoms with E-state index in [1.165, 1.54) is 0 Å². The van der Waals surface area contributed by atoms with Crippen molar-refractivity contribution in [2.45, 2.75) is 26.9 Å². The molecular formula is C16H16N2O2. The Labute approximate surface area is 118 Å². The van der Waals surface area contributed by atoms with E-state index in [0.29, 0.717) is 17.2 Å². The van der Waals surface area contributed by atoms with Crippen LogP contribution in [0, 0.1) is 25.2 Å². The quantitative estimate of drug-likeness (QED) is 0.926. The number of benzene rings is 1. The van der Waals surface area contributed by atoms with E-state index >= 15 is 0 Å². The lowest BCUT2D eigenvalue weighted by atomic mass is 10.1. The molecule has 102 valence electrons. The van der Waals surface area contributed by atoms with Gasteiger partial charge in [-0.05, 0) is 55.7 Å². The van der Waals surface area contributed by atoms with Crippen molar-refractivity contribution in [3.05, 3.63) is 52.7 Å². The van der Waals surface area contributed by atoms with Crippen LogP contribution in [0.5, 0.6) is 11.6 Å². The number of nitrogens with zero attached hydrogens (tertiary/aromatic N) is 2. The van der Waals surface area contributed by atoms with Crippen molar-refractivity contribution in [2.24, 2.45) is 0 Å². The van der Waals surface area contributed by atoms with Crippen LogP contribution in [0.15, 0.2) is 30.5 Å². The standard InChI is InChI=1S/C16H16N2O2/c1-10-6-13(9-17)7-11(2)16(10)20-15-8-14(12(3)19)4-5-18-15/h4-8,12,19H,1-3H3. The minimum Gasteiger partial charge on any atom is -0.438 e. The van der Waals surface area contributed by atoms with Crippen molar-refractivity contribution in [2.75, 3.05) is 0 Å². The van der Waals surface area contributed by atoms with Gasteiger partial charge in [0.1, 0.15) is 5.75 Å². The predicted octanol–water partition coefficient (Wildman–Crippen LogP) is 3.42. The molecule has 2 rings (SSSR count). The van der Waals surface area contributed by atoms with Gasteiger partial charge < -0.3 is 9.84 Å². The lowest BCUT2D eigenvalue weighted by molar-refractivity contribution is 0.198. The molecular weight excluding hydrogens is 252 g/mol. The zero-order valence-corrected chi connectivity index (χ0v) is 11.7. The van der Waals surface area contributed by atoms with Gasteiger partial charge in [-0.2, -0.15) is 5.26 Å². The van der Waals surface area contributed by atoms with Gasteiger partial charge in [-0.25, -0.2) is 4.98 Å². The summed E-state index contributed by atoms with van der Waals surface area (Å²) in [7, 11) is 0. The second-order valence-corrected chi connectivity index (χ2v) is 4.76. The molecule has 0 bridgehead atoms. The van der Waals surface area contributed by atoms with E-state index in [9.17, 15) is 5.11 Å². The van der Waals surface area contributed by atoms with Crippen molar-refractivity contribution >= 4 is 0 Å². The molecule has 20 heavy (non-hydrogen) atoms. The van der Waals surface area contributed by atoms with E-state index in [-0.39, 0.29) is 0 Å². The third-order valence-electron chi connectivity index (χ3n) is 3.04. The van der Waals surface area contributed by atoms with E-state index in [4.69, 9.17) is 10.00 Å². The van der Waals surface area contributed by atoms with Crippen molar-refractivity contribution in [1.82, 2.24) is 4.98 Å². The van der Waals surface area contributed by atoms with E-state index in [0.717, 1.165) is 16.7 Å². The molecule has 1 unspecified atom stereocenters. The molecule has 0 radical (unpaired) electrons. The van der Waals surface area contributed by atoms with Gasteiger partial charge in [0.05, 0.1) is 17.7 Å². The largest absolute Gasteiger partial charge is 0.438 e. The lowest BCUT2D eigenvalue weighted by Crippen LogP contribution is -1.97. The molecule has 0 aliphatic carbocycles. The molecule has 0 amide bonds. The highest BCUT2D eigenvalue weighted by Crippen LogP contribution is 2.29. The topological polar surface area (TPSA) is 66.1 Å². The van der Waals surface area contributed by atoms with Gasteiger partial charge >= 0.3 is 0 Å². The number of ether oxygens (including phenoxy) is 1. The number of aryl methyl sites for hydroxylation is 2. The maximum Gasteiger partial charge on any atom is 0.219 e. The van der Waals surface area contributed by atoms with E-state index < -0.39 is 6.10 Å². The molecule has 1 aromatic heterocycles. The van der Waals surface area contributed by atoms with Gasteiger partial charge in [0.15, 0.2) is 0 Å². The Kier molecular flexibility index (Phi) is 4.02. The molecule has 4 nitrogen and oxygen atoms in total. The summed E-state index contributed by atoms with van der Waals surface area (Å²) >= 11 is 0. The van der Waals surface area contributed by atoms with Crippen LogP contribution < -0.4 is 4.74 Å². The number of aliphatic hydroxyl groups excluding tert-OH is 1.